The Hall–Kier alpha value is -1.33. The third-order valence-corrected chi connectivity index (χ3v) is 4.02. The first-order valence-electron chi connectivity index (χ1n) is 7.04. The van der Waals surface area contributed by atoms with Gasteiger partial charge in [0.05, 0.1) is 11.6 Å². The van der Waals surface area contributed by atoms with E-state index in [4.69, 9.17) is 5.26 Å². The molecule has 1 saturated heterocycles. The number of benzene rings is 1. The van der Waals surface area contributed by atoms with Crippen LogP contribution in [-0.4, -0.2) is 12.6 Å². The van der Waals surface area contributed by atoms with E-state index >= 15 is 0 Å². The molecular weight excluding hydrogens is 220 g/mol. The van der Waals surface area contributed by atoms with Crippen LogP contribution in [0.2, 0.25) is 0 Å². The van der Waals surface area contributed by atoms with Crippen LogP contribution >= 0.6 is 0 Å². The molecule has 1 aliphatic rings. The second kappa shape index (κ2) is 6.56. The van der Waals surface area contributed by atoms with E-state index in [-0.39, 0.29) is 0 Å². The molecule has 0 bridgehead atoms. The fourth-order valence-corrected chi connectivity index (χ4v) is 2.82. The average Bonchev–Trinajstić information content (AvgIpc) is 2.45. The smallest absolute Gasteiger partial charge is 0.0991 e. The van der Waals surface area contributed by atoms with Crippen molar-refractivity contribution in [3.63, 3.8) is 0 Å². The minimum absolute atomic E-state index is 0.662. The van der Waals surface area contributed by atoms with Gasteiger partial charge in [0.25, 0.3) is 0 Å². The number of rotatable bonds is 4. The molecule has 1 aromatic rings. The zero-order valence-electron chi connectivity index (χ0n) is 11.2. The summed E-state index contributed by atoms with van der Waals surface area (Å²) in [5.74, 6) is 0.904. The zero-order chi connectivity index (χ0) is 12.8. The van der Waals surface area contributed by atoms with Crippen molar-refractivity contribution in [2.45, 2.75) is 45.1 Å². The molecule has 1 fully saturated rings. The molecule has 0 aromatic heterocycles. The van der Waals surface area contributed by atoms with Crippen molar-refractivity contribution in [1.29, 1.82) is 5.26 Å². The van der Waals surface area contributed by atoms with Gasteiger partial charge in [0, 0.05) is 6.04 Å². The number of hydrogen-bond donors (Lipinski definition) is 1. The van der Waals surface area contributed by atoms with Crippen LogP contribution in [0.25, 0.3) is 0 Å². The Morgan fingerprint density at radius 1 is 1.44 bits per heavy atom. The van der Waals surface area contributed by atoms with Crippen LogP contribution < -0.4 is 5.32 Å². The minimum Gasteiger partial charge on any atom is -0.314 e. The van der Waals surface area contributed by atoms with Crippen molar-refractivity contribution >= 4 is 0 Å². The molecule has 18 heavy (non-hydrogen) atoms. The number of nitriles is 1. The normalized spacial score (nSPS) is 23.6. The Morgan fingerprint density at radius 2 is 2.33 bits per heavy atom. The molecule has 0 aliphatic carbocycles. The Balaban J connectivity index is 1.85. The topological polar surface area (TPSA) is 35.8 Å². The van der Waals surface area contributed by atoms with Crippen LogP contribution in [0.15, 0.2) is 24.3 Å². The number of nitrogens with one attached hydrogen (secondary N) is 1. The summed E-state index contributed by atoms with van der Waals surface area (Å²) in [7, 11) is 0. The number of nitrogens with zero attached hydrogens (tertiary/aromatic N) is 1. The van der Waals surface area contributed by atoms with Gasteiger partial charge in [-0.3, -0.25) is 0 Å². The SMILES string of the molecule is CCC1CCNC(CCc2cccc(C#N)c2)C1. The average molecular weight is 242 g/mol. The minimum atomic E-state index is 0.662. The second-order valence-corrected chi connectivity index (χ2v) is 5.30. The maximum absolute atomic E-state index is 8.88. The number of hydrogen-bond acceptors (Lipinski definition) is 2. The molecule has 0 radical (unpaired) electrons. The van der Waals surface area contributed by atoms with Gasteiger partial charge in [0.2, 0.25) is 0 Å². The van der Waals surface area contributed by atoms with Gasteiger partial charge in [0.15, 0.2) is 0 Å². The van der Waals surface area contributed by atoms with Gasteiger partial charge < -0.3 is 5.32 Å². The van der Waals surface area contributed by atoms with Crippen LogP contribution in [0.5, 0.6) is 0 Å². The summed E-state index contributed by atoms with van der Waals surface area (Å²) >= 11 is 0. The second-order valence-electron chi connectivity index (χ2n) is 5.30. The van der Waals surface area contributed by atoms with Gasteiger partial charge in [-0.15, -0.1) is 0 Å². The van der Waals surface area contributed by atoms with E-state index in [0.29, 0.717) is 6.04 Å². The van der Waals surface area contributed by atoms with Crippen molar-refractivity contribution in [1.82, 2.24) is 5.32 Å². The molecule has 96 valence electrons. The molecule has 2 rings (SSSR count). The van der Waals surface area contributed by atoms with Crippen molar-refractivity contribution in [2.75, 3.05) is 6.54 Å². The molecule has 2 heteroatoms. The van der Waals surface area contributed by atoms with E-state index < -0.39 is 0 Å². The third-order valence-electron chi connectivity index (χ3n) is 4.02. The Kier molecular flexibility index (Phi) is 4.78. The monoisotopic (exact) mass is 242 g/mol. The van der Waals surface area contributed by atoms with Crippen molar-refractivity contribution in [3.8, 4) is 6.07 Å². The fraction of sp³-hybridized carbons (Fsp3) is 0.562. The third kappa shape index (κ3) is 3.58. The first-order valence-corrected chi connectivity index (χ1v) is 7.04. The predicted octanol–water partition coefficient (Wildman–Crippen LogP) is 3.27. The molecule has 1 aromatic carbocycles. The van der Waals surface area contributed by atoms with E-state index in [1.165, 1.54) is 37.8 Å². The lowest BCUT2D eigenvalue weighted by Crippen LogP contribution is -2.38. The fourth-order valence-electron chi connectivity index (χ4n) is 2.82. The van der Waals surface area contributed by atoms with E-state index in [9.17, 15) is 0 Å². The highest BCUT2D eigenvalue weighted by Crippen LogP contribution is 2.22. The van der Waals surface area contributed by atoms with Crippen LogP contribution in [-0.2, 0) is 6.42 Å². The Bertz CT molecular complexity index is 419. The molecule has 1 heterocycles. The van der Waals surface area contributed by atoms with Gasteiger partial charge in [-0.25, -0.2) is 0 Å². The van der Waals surface area contributed by atoms with E-state index in [1.54, 1.807) is 0 Å². The van der Waals surface area contributed by atoms with E-state index in [2.05, 4.69) is 24.4 Å². The molecule has 0 amide bonds. The molecule has 2 nitrogen and oxygen atoms in total. The summed E-state index contributed by atoms with van der Waals surface area (Å²) in [5, 5.41) is 12.5. The van der Waals surface area contributed by atoms with E-state index in [0.717, 1.165) is 17.9 Å². The summed E-state index contributed by atoms with van der Waals surface area (Å²) < 4.78 is 0. The lowest BCUT2D eigenvalue weighted by Gasteiger charge is -2.29. The summed E-state index contributed by atoms with van der Waals surface area (Å²) in [5.41, 5.74) is 2.06. The maximum Gasteiger partial charge on any atom is 0.0991 e. The van der Waals surface area contributed by atoms with Crippen LogP contribution in [0.4, 0.5) is 0 Å². The van der Waals surface area contributed by atoms with Gasteiger partial charge >= 0.3 is 0 Å². The molecule has 0 spiro atoms. The molecule has 1 N–H and O–H groups in total. The zero-order valence-corrected chi connectivity index (χ0v) is 11.2. The van der Waals surface area contributed by atoms with Gasteiger partial charge in [-0.05, 0) is 55.8 Å². The van der Waals surface area contributed by atoms with Crippen LogP contribution in [0.3, 0.4) is 0 Å². The predicted molar refractivity (Wildman–Crippen MR) is 74.3 cm³/mol. The summed E-state index contributed by atoms with van der Waals surface area (Å²) in [6.07, 6.45) is 6.21. The number of aryl methyl sites for hydroxylation is 1. The summed E-state index contributed by atoms with van der Waals surface area (Å²) in [6, 6.07) is 10.9. The summed E-state index contributed by atoms with van der Waals surface area (Å²) in [6.45, 7) is 3.46. The van der Waals surface area contributed by atoms with Crippen molar-refractivity contribution in [3.05, 3.63) is 35.4 Å². The van der Waals surface area contributed by atoms with Gasteiger partial charge in [0.1, 0.15) is 0 Å². The molecule has 2 atom stereocenters. The highest BCUT2D eigenvalue weighted by molar-refractivity contribution is 5.32. The maximum atomic E-state index is 8.88. The standard InChI is InChI=1S/C16H22N2/c1-2-13-8-9-18-16(11-13)7-6-14-4-3-5-15(10-14)12-17/h3-5,10,13,16,18H,2,6-9,11H2,1H3. The number of piperidine rings is 1. The summed E-state index contributed by atoms with van der Waals surface area (Å²) in [4.78, 5) is 0. The Morgan fingerprint density at radius 3 is 3.11 bits per heavy atom. The first-order chi connectivity index (χ1) is 8.81. The quantitative estimate of drug-likeness (QED) is 0.879. The molecular formula is C16H22N2. The lowest BCUT2D eigenvalue weighted by molar-refractivity contribution is 0.285. The molecule has 2 unspecified atom stereocenters. The van der Waals surface area contributed by atoms with Crippen LogP contribution in [0.1, 0.15) is 43.7 Å². The Labute approximate surface area is 110 Å². The van der Waals surface area contributed by atoms with Crippen molar-refractivity contribution in [2.24, 2.45) is 5.92 Å². The highest BCUT2D eigenvalue weighted by Gasteiger charge is 2.19. The first kappa shape index (κ1) is 13.1. The van der Waals surface area contributed by atoms with Gasteiger partial charge in [-0.1, -0.05) is 25.5 Å². The largest absolute Gasteiger partial charge is 0.314 e. The highest BCUT2D eigenvalue weighted by atomic mass is 14.9. The van der Waals surface area contributed by atoms with Gasteiger partial charge in [-0.2, -0.15) is 5.26 Å². The lowest BCUT2D eigenvalue weighted by atomic mass is 9.88. The molecule has 0 saturated carbocycles. The van der Waals surface area contributed by atoms with E-state index in [1.807, 2.05) is 18.2 Å². The van der Waals surface area contributed by atoms with Crippen LogP contribution in [0, 0.1) is 17.2 Å². The van der Waals surface area contributed by atoms with Crippen molar-refractivity contribution < 1.29 is 0 Å². The molecule has 1 aliphatic heterocycles.